The van der Waals surface area contributed by atoms with Gasteiger partial charge < -0.3 is 4.42 Å². The van der Waals surface area contributed by atoms with Crippen molar-refractivity contribution in [2.45, 2.75) is 0 Å². The van der Waals surface area contributed by atoms with E-state index in [4.69, 9.17) is 4.42 Å². The summed E-state index contributed by atoms with van der Waals surface area (Å²) in [5.74, 6) is 0.271. The molecule has 2 aromatic rings. The van der Waals surface area contributed by atoms with Crippen LogP contribution in [0.3, 0.4) is 0 Å². The van der Waals surface area contributed by atoms with E-state index in [-0.39, 0.29) is 5.91 Å². The molecule has 98 valence electrons. The first-order valence-electron chi connectivity index (χ1n) is 5.10. The van der Waals surface area contributed by atoms with Crippen molar-refractivity contribution in [1.29, 1.82) is 0 Å². The average Bonchev–Trinajstić information content (AvgIpc) is 2.69. The predicted octanol–water partition coefficient (Wildman–Crippen LogP) is 4.17. The lowest BCUT2D eigenvalue weighted by Crippen LogP contribution is -2.17. The number of furan rings is 1. The second kappa shape index (κ2) is 6.67. The third-order valence-electron chi connectivity index (χ3n) is 2.14. The van der Waals surface area contributed by atoms with E-state index in [2.05, 4.69) is 65.0 Å². The van der Waals surface area contributed by atoms with E-state index in [0.29, 0.717) is 11.3 Å². The van der Waals surface area contributed by atoms with Crippen molar-refractivity contribution in [3.8, 4) is 0 Å². The van der Waals surface area contributed by atoms with Crippen molar-refractivity contribution in [2.75, 3.05) is 0 Å². The summed E-state index contributed by atoms with van der Waals surface area (Å²) < 4.78 is 7.66. The van der Waals surface area contributed by atoms with E-state index >= 15 is 0 Å². The van der Waals surface area contributed by atoms with Crippen LogP contribution >= 0.6 is 54.5 Å². The van der Waals surface area contributed by atoms with Gasteiger partial charge in [0.2, 0.25) is 0 Å². The molecule has 0 bridgehead atoms. The van der Waals surface area contributed by atoms with E-state index in [1.165, 1.54) is 6.21 Å². The Morgan fingerprint density at radius 1 is 1.32 bits per heavy atom. The molecule has 0 aliphatic heterocycles. The van der Waals surface area contributed by atoms with E-state index in [9.17, 15) is 4.79 Å². The Labute approximate surface area is 140 Å². The molecule has 0 saturated carbocycles. The van der Waals surface area contributed by atoms with Crippen LogP contribution in [0.15, 0.2) is 48.8 Å². The van der Waals surface area contributed by atoms with Gasteiger partial charge in [-0.25, -0.2) is 5.43 Å². The van der Waals surface area contributed by atoms with Crippen LogP contribution in [-0.2, 0) is 0 Å². The number of halogens is 3. The number of hydrazone groups is 1. The summed E-state index contributed by atoms with van der Waals surface area (Å²) in [5.41, 5.74) is 2.96. The second-order valence-electron chi connectivity index (χ2n) is 3.45. The molecule has 0 atom stereocenters. The molecule has 0 spiro atoms. The van der Waals surface area contributed by atoms with Gasteiger partial charge in [-0.1, -0.05) is 12.1 Å². The Morgan fingerprint density at radius 3 is 2.68 bits per heavy atom. The molecule has 0 aliphatic carbocycles. The molecule has 0 unspecified atom stereocenters. The van der Waals surface area contributed by atoms with Crippen LogP contribution in [0, 0.1) is 3.77 Å². The van der Waals surface area contributed by atoms with Crippen LogP contribution in [0.5, 0.6) is 0 Å². The highest BCUT2D eigenvalue weighted by Crippen LogP contribution is 2.22. The van der Waals surface area contributed by atoms with Crippen LogP contribution in [0.1, 0.15) is 16.1 Å². The first-order chi connectivity index (χ1) is 9.08. The summed E-state index contributed by atoms with van der Waals surface area (Å²) >= 11 is 8.69. The summed E-state index contributed by atoms with van der Waals surface area (Å²) in [4.78, 5) is 11.8. The Hall–Kier alpha value is -0.670. The van der Waals surface area contributed by atoms with Crippen molar-refractivity contribution >= 4 is 66.6 Å². The largest absolute Gasteiger partial charge is 0.448 e. The van der Waals surface area contributed by atoms with Gasteiger partial charge in [0.15, 0.2) is 3.77 Å². The Bertz CT molecular complexity index is 621. The minimum absolute atomic E-state index is 0.288. The highest BCUT2D eigenvalue weighted by molar-refractivity contribution is 14.1. The second-order valence-corrected chi connectivity index (χ2v) is 6.14. The molecule has 1 amide bonds. The van der Waals surface area contributed by atoms with Gasteiger partial charge in [0.25, 0.3) is 5.91 Å². The molecule has 7 heteroatoms. The van der Waals surface area contributed by atoms with E-state index in [0.717, 1.165) is 12.7 Å². The normalized spacial score (nSPS) is 10.9. The average molecular weight is 498 g/mol. The topological polar surface area (TPSA) is 54.6 Å². The fourth-order valence-corrected chi connectivity index (χ4v) is 2.47. The van der Waals surface area contributed by atoms with Crippen molar-refractivity contribution < 1.29 is 9.21 Å². The number of hydrogen-bond acceptors (Lipinski definition) is 3. The van der Waals surface area contributed by atoms with Crippen molar-refractivity contribution in [1.82, 2.24) is 5.43 Å². The summed E-state index contributed by atoms with van der Waals surface area (Å²) in [6, 6.07) is 8.91. The molecule has 0 saturated heterocycles. The standard InChI is InChI=1S/C12H7Br2IN2O2/c13-9-4-2-1-3-8(9)12(18)17-16-6-7-5-10(14)11(15)19-7/h1-6H,(H,17,18)/b16-6-. The van der Waals surface area contributed by atoms with Gasteiger partial charge in [0.1, 0.15) is 5.76 Å². The summed E-state index contributed by atoms with van der Waals surface area (Å²) in [6.07, 6.45) is 1.45. The number of nitrogens with one attached hydrogen (secondary N) is 1. The van der Waals surface area contributed by atoms with Gasteiger partial charge in [-0.2, -0.15) is 5.10 Å². The number of hydrogen-bond donors (Lipinski definition) is 1. The van der Waals surface area contributed by atoms with Gasteiger partial charge in [0.05, 0.1) is 16.3 Å². The van der Waals surface area contributed by atoms with Gasteiger partial charge in [-0.05, 0) is 44.0 Å². The van der Waals surface area contributed by atoms with Crippen LogP contribution in [0.25, 0.3) is 0 Å². The van der Waals surface area contributed by atoms with Crippen LogP contribution < -0.4 is 5.43 Å². The zero-order chi connectivity index (χ0) is 13.8. The lowest BCUT2D eigenvalue weighted by atomic mass is 10.2. The maximum Gasteiger partial charge on any atom is 0.272 e. The summed E-state index contributed by atoms with van der Waals surface area (Å²) in [6.45, 7) is 0. The molecular formula is C12H7Br2IN2O2. The molecule has 1 aromatic heterocycles. The zero-order valence-electron chi connectivity index (χ0n) is 9.36. The molecule has 1 N–H and O–H groups in total. The monoisotopic (exact) mass is 496 g/mol. The SMILES string of the molecule is O=C(N/N=C\c1cc(Br)c(I)o1)c1ccccc1Br. The van der Waals surface area contributed by atoms with Crippen molar-refractivity contribution in [3.05, 3.63) is 54.4 Å². The third-order valence-corrected chi connectivity index (χ3v) is 4.96. The maximum absolute atomic E-state index is 11.8. The fraction of sp³-hybridized carbons (Fsp3) is 0. The number of carbonyl (C=O) groups is 1. The maximum atomic E-state index is 11.8. The summed E-state index contributed by atoms with van der Waals surface area (Å²) in [7, 11) is 0. The third kappa shape index (κ3) is 3.90. The molecule has 19 heavy (non-hydrogen) atoms. The van der Waals surface area contributed by atoms with Gasteiger partial charge in [-0.15, -0.1) is 0 Å². The minimum Gasteiger partial charge on any atom is -0.448 e. The number of nitrogens with zero attached hydrogens (tertiary/aromatic N) is 1. The first kappa shape index (κ1) is 14.7. The predicted molar refractivity (Wildman–Crippen MR) is 88.3 cm³/mol. The molecule has 4 nitrogen and oxygen atoms in total. The molecule has 1 heterocycles. The van der Waals surface area contributed by atoms with E-state index in [1.54, 1.807) is 24.3 Å². The van der Waals surface area contributed by atoms with Crippen LogP contribution in [0.4, 0.5) is 0 Å². The molecule has 0 radical (unpaired) electrons. The number of benzene rings is 1. The molecule has 0 aliphatic rings. The fourth-order valence-electron chi connectivity index (χ4n) is 1.29. The Balaban J connectivity index is 2.03. The molecular weight excluding hydrogens is 491 g/mol. The van der Waals surface area contributed by atoms with Crippen LogP contribution in [-0.4, -0.2) is 12.1 Å². The Kier molecular flexibility index (Phi) is 5.17. The number of amides is 1. The highest BCUT2D eigenvalue weighted by atomic mass is 127. The zero-order valence-corrected chi connectivity index (χ0v) is 14.7. The minimum atomic E-state index is -0.288. The molecule has 0 fully saturated rings. The first-order valence-corrected chi connectivity index (χ1v) is 7.77. The lowest BCUT2D eigenvalue weighted by Gasteiger charge is -2.01. The van der Waals surface area contributed by atoms with Gasteiger partial charge >= 0.3 is 0 Å². The molecule has 1 aromatic carbocycles. The molecule has 2 rings (SSSR count). The van der Waals surface area contributed by atoms with Crippen LogP contribution in [0.2, 0.25) is 0 Å². The van der Waals surface area contributed by atoms with Gasteiger partial charge in [0, 0.05) is 33.1 Å². The number of carbonyl (C=O) groups excluding carboxylic acids is 1. The quantitative estimate of drug-likeness (QED) is 0.393. The highest BCUT2D eigenvalue weighted by Gasteiger charge is 2.08. The smallest absolute Gasteiger partial charge is 0.272 e. The van der Waals surface area contributed by atoms with Crippen molar-refractivity contribution in [3.63, 3.8) is 0 Å². The van der Waals surface area contributed by atoms with Gasteiger partial charge in [-0.3, -0.25) is 4.79 Å². The van der Waals surface area contributed by atoms with E-state index in [1.807, 2.05) is 6.07 Å². The van der Waals surface area contributed by atoms with E-state index < -0.39 is 0 Å². The van der Waals surface area contributed by atoms with Crippen molar-refractivity contribution in [2.24, 2.45) is 5.10 Å². The number of rotatable bonds is 3. The Morgan fingerprint density at radius 2 is 2.05 bits per heavy atom. The summed E-state index contributed by atoms with van der Waals surface area (Å²) in [5, 5.41) is 3.85. The lowest BCUT2D eigenvalue weighted by molar-refractivity contribution is 0.0954.